The summed E-state index contributed by atoms with van der Waals surface area (Å²) >= 11 is 0. The van der Waals surface area contributed by atoms with Crippen molar-refractivity contribution in [2.45, 2.75) is 18.9 Å². The Hall–Kier alpha value is -1.81. The number of hydrogen-bond acceptors (Lipinski definition) is 2. The molecule has 0 spiro atoms. The molecule has 1 saturated heterocycles. The van der Waals surface area contributed by atoms with Gasteiger partial charge in [-0.25, -0.2) is 0 Å². The number of H-pyrrole nitrogens is 1. The lowest BCUT2D eigenvalue weighted by molar-refractivity contribution is 0.0732. The van der Waals surface area contributed by atoms with Crippen molar-refractivity contribution in [1.82, 2.24) is 15.2 Å². The van der Waals surface area contributed by atoms with Crippen LogP contribution >= 0.6 is 0 Å². The maximum absolute atomic E-state index is 12.6. The quantitative estimate of drug-likeness (QED) is 0.883. The highest BCUT2D eigenvalue weighted by molar-refractivity contribution is 5.98. The highest BCUT2D eigenvalue weighted by atomic mass is 16.2. The molecule has 100 valence electrons. The Morgan fingerprint density at radius 3 is 3.11 bits per heavy atom. The minimum absolute atomic E-state index is 0.119. The summed E-state index contributed by atoms with van der Waals surface area (Å²) in [6.45, 7) is 1.73. The van der Waals surface area contributed by atoms with E-state index in [0.717, 1.165) is 36.8 Å². The van der Waals surface area contributed by atoms with Crippen LogP contribution in [-0.2, 0) is 0 Å². The third kappa shape index (κ3) is 2.24. The number of benzene rings is 1. The van der Waals surface area contributed by atoms with Crippen LogP contribution in [0.4, 0.5) is 0 Å². The summed E-state index contributed by atoms with van der Waals surface area (Å²) in [4.78, 5) is 17.8. The third-order valence-corrected chi connectivity index (χ3v) is 3.84. The first-order valence-corrected chi connectivity index (χ1v) is 6.83. The van der Waals surface area contributed by atoms with Crippen molar-refractivity contribution in [3.05, 3.63) is 36.0 Å². The van der Waals surface area contributed by atoms with Crippen molar-refractivity contribution in [3.63, 3.8) is 0 Å². The fraction of sp³-hybridized carbons (Fsp3) is 0.400. The van der Waals surface area contributed by atoms with E-state index in [1.807, 2.05) is 42.3 Å². The minimum atomic E-state index is 0.119. The van der Waals surface area contributed by atoms with Gasteiger partial charge in [0.2, 0.25) is 0 Å². The summed E-state index contributed by atoms with van der Waals surface area (Å²) in [5.41, 5.74) is 1.72. The molecular formula is C15H19N3O. The molecular weight excluding hydrogens is 238 g/mol. The van der Waals surface area contributed by atoms with Crippen LogP contribution in [0.15, 0.2) is 30.3 Å². The normalized spacial score (nSPS) is 19.2. The van der Waals surface area contributed by atoms with Gasteiger partial charge in [0.1, 0.15) is 5.69 Å². The molecule has 1 fully saturated rings. The fourth-order valence-electron chi connectivity index (χ4n) is 2.89. The molecule has 1 amide bonds. The molecule has 19 heavy (non-hydrogen) atoms. The molecule has 4 heteroatoms. The Labute approximate surface area is 112 Å². The SMILES string of the molecule is CNCC1CCCN1C(=O)c1cc2ccccc2[nH]1. The standard InChI is InChI=1S/C15H19N3O/c1-16-10-12-6-4-8-18(12)15(19)14-9-11-5-2-3-7-13(11)17-14/h2-3,5,7,9,12,16-17H,4,6,8,10H2,1H3. The second-order valence-corrected chi connectivity index (χ2v) is 5.12. The smallest absolute Gasteiger partial charge is 0.270 e. The van der Waals surface area contributed by atoms with Gasteiger partial charge in [0.15, 0.2) is 0 Å². The van der Waals surface area contributed by atoms with Crippen molar-refractivity contribution in [1.29, 1.82) is 0 Å². The highest BCUT2D eigenvalue weighted by Gasteiger charge is 2.29. The first-order chi connectivity index (χ1) is 9.29. The Morgan fingerprint density at radius 2 is 2.32 bits per heavy atom. The molecule has 0 aliphatic carbocycles. The average molecular weight is 257 g/mol. The van der Waals surface area contributed by atoms with Crippen LogP contribution in [0, 0.1) is 0 Å². The van der Waals surface area contributed by atoms with E-state index in [1.54, 1.807) is 0 Å². The van der Waals surface area contributed by atoms with Crippen LogP contribution in [0.25, 0.3) is 10.9 Å². The van der Waals surface area contributed by atoms with Crippen molar-refractivity contribution < 1.29 is 4.79 Å². The number of likely N-dealkylation sites (tertiary alicyclic amines) is 1. The molecule has 1 unspecified atom stereocenters. The van der Waals surface area contributed by atoms with E-state index < -0.39 is 0 Å². The van der Waals surface area contributed by atoms with E-state index in [4.69, 9.17) is 0 Å². The van der Waals surface area contributed by atoms with Crippen molar-refractivity contribution in [2.24, 2.45) is 0 Å². The first kappa shape index (κ1) is 12.2. The predicted octanol–water partition coefficient (Wildman–Crippen LogP) is 1.99. The Kier molecular flexibility index (Phi) is 3.25. The van der Waals surface area contributed by atoms with Crippen LogP contribution in [-0.4, -0.2) is 42.0 Å². The summed E-state index contributed by atoms with van der Waals surface area (Å²) in [5.74, 6) is 0.119. The molecule has 0 bridgehead atoms. The Morgan fingerprint density at radius 1 is 1.47 bits per heavy atom. The molecule has 1 aromatic carbocycles. The van der Waals surface area contributed by atoms with Gasteiger partial charge in [-0.3, -0.25) is 4.79 Å². The van der Waals surface area contributed by atoms with Gasteiger partial charge >= 0.3 is 0 Å². The summed E-state index contributed by atoms with van der Waals surface area (Å²) in [5, 5.41) is 4.26. The molecule has 1 atom stereocenters. The molecule has 2 heterocycles. The number of carbonyl (C=O) groups excluding carboxylic acids is 1. The van der Waals surface area contributed by atoms with E-state index in [0.29, 0.717) is 11.7 Å². The number of hydrogen-bond donors (Lipinski definition) is 2. The highest BCUT2D eigenvalue weighted by Crippen LogP contribution is 2.21. The van der Waals surface area contributed by atoms with Crippen LogP contribution in [0.1, 0.15) is 23.3 Å². The number of carbonyl (C=O) groups is 1. The molecule has 0 saturated carbocycles. The van der Waals surface area contributed by atoms with Gasteiger partial charge in [0.05, 0.1) is 0 Å². The second kappa shape index (κ2) is 5.05. The summed E-state index contributed by atoms with van der Waals surface area (Å²) in [7, 11) is 1.93. The summed E-state index contributed by atoms with van der Waals surface area (Å²) < 4.78 is 0. The van der Waals surface area contributed by atoms with E-state index in [-0.39, 0.29) is 5.91 Å². The van der Waals surface area contributed by atoms with Gasteiger partial charge in [-0.15, -0.1) is 0 Å². The van der Waals surface area contributed by atoms with Crippen molar-refractivity contribution in [3.8, 4) is 0 Å². The molecule has 1 aliphatic rings. The lowest BCUT2D eigenvalue weighted by atomic mass is 10.2. The lowest BCUT2D eigenvalue weighted by Gasteiger charge is -2.23. The van der Waals surface area contributed by atoms with E-state index in [9.17, 15) is 4.79 Å². The van der Waals surface area contributed by atoms with Crippen LogP contribution in [0.2, 0.25) is 0 Å². The third-order valence-electron chi connectivity index (χ3n) is 3.84. The van der Waals surface area contributed by atoms with Crippen molar-refractivity contribution >= 4 is 16.8 Å². The van der Waals surface area contributed by atoms with Gasteiger partial charge in [0.25, 0.3) is 5.91 Å². The number of likely N-dealkylation sites (N-methyl/N-ethyl adjacent to an activating group) is 1. The fourth-order valence-corrected chi connectivity index (χ4v) is 2.89. The molecule has 2 aromatic rings. The maximum Gasteiger partial charge on any atom is 0.270 e. The molecule has 3 rings (SSSR count). The maximum atomic E-state index is 12.6. The number of rotatable bonds is 3. The lowest BCUT2D eigenvalue weighted by Crippen LogP contribution is -2.40. The van der Waals surface area contributed by atoms with Crippen molar-refractivity contribution in [2.75, 3.05) is 20.1 Å². The second-order valence-electron chi connectivity index (χ2n) is 5.12. The zero-order valence-corrected chi connectivity index (χ0v) is 11.1. The van der Waals surface area contributed by atoms with Gasteiger partial charge in [-0.2, -0.15) is 0 Å². The van der Waals surface area contributed by atoms with E-state index >= 15 is 0 Å². The predicted molar refractivity (Wildman–Crippen MR) is 76.3 cm³/mol. The summed E-state index contributed by atoms with van der Waals surface area (Å²) in [6, 6.07) is 10.3. The van der Waals surface area contributed by atoms with Crippen LogP contribution < -0.4 is 5.32 Å². The topological polar surface area (TPSA) is 48.1 Å². The molecule has 2 N–H and O–H groups in total. The monoisotopic (exact) mass is 257 g/mol. The van der Waals surface area contributed by atoms with Gasteiger partial charge < -0.3 is 15.2 Å². The van der Waals surface area contributed by atoms with Gasteiger partial charge in [0, 0.05) is 30.0 Å². The number of nitrogens with one attached hydrogen (secondary N) is 2. The number of aromatic amines is 1. The molecule has 0 radical (unpaired) electrons. The molecule has 1 aromatic heterocycles. The van der Waals surface area contributed by atoms with E-state index in [1.165, 1.54) is 0 Å². The first-order valence-electron chi connectivity index (χ1n) is 6.83. The zero-order valence-electron chi connectivity index (χ0n) is 11.1. The number of nitrogens with zero attached hydrogens (tertiary/aromatic N) is 1. The van der Waals surface area contributed by atoms with E-state index in [2.05, 4.69) is 10.3 Å². The Balaban J connectivity index is 1.86. The van der Waals surface area contributed by atoms with Gasteiger partial charge in [-0.05, 0) is 32.0 Å². The number of amides is 1. The number of fused-ring (bicyclic) bond motifs is 1. The zero-order chi connectivity index (χ0) is 13.2. The van der Waals surface area contributed by atoms with Gasteiger partial charge in [-0.1, -0.05) is 18.2 Å². The minimum Gasteiger partial charge on any atom is -0.351 e. The number of aromatic nitrogens is 1. The largest absolute Gasteiger partial charge is 0.351 e. The average Bonchev–Trinajstić information content (AvgIpc) is 3.04. The number of para-hydroxylation sites is 1. The molecule has 1 aliphatic heterocycles. The summed E-state index contributed by atoms with van der Waals surface area (Å²) in [6.07, 6.45) is 2.19. The van der Waals surface area contributed by atoms with Crippen LogP contribution in [0.5, 0.6) is 0 Å². The Bertz CT molecular complexity index is 557. The molecule has 4 nitrogen and oxygen atoms in total. The van der Waals surface area contributed by atoms with Crippen LogP contribution in [0.3, 0.4) is 0 Å².